The monoisotopic (exact) mass is 330 g/mol. The zero-order valence-electron chi connectivity index (χ0n) is 13.4. The van der Waals surface area contributed by atoms with E-state index in [1.54, 1.807) is 11.3 Å². The molecule has 0 unspecified atom stereocenters. The first-order valence-electron chi connectivity index (χ1n) is 7.60. The molecule has 0 spiro atoms. The Morgan fingerprint density at radius 1 is 1.33 bits per heavy atom. The molecule has 1 aromatic heterocycles. The molecule has 0 radical (unpaired) electrons. The van der Waals surface area contributed by atoms with Crippen molar-refractivity contribution >= 4 is 21.2 Å². The summed E-state index contributed by atoms with van der Waals surface area (Å²) in [5.74, 6) is 0.516. The van der Waals surface area contributed by atoms with Gasteiger partial charge in [0, 0.05) is 10.8 Å². The Labute approximate surface area is 132 Å². The van der Waals surface area contributed by atoms with Crippen LogP contribution in [0, 0.1) is 0 Å². The van der Waals surface area contributed by atoms with Crippen LogP contribution in [0.4, 0.5) is 0 Å². The maximum atomic E-state index is 11.8. The largest absolute Gasteiger partial charge is 0.305 e. The lowest BCUT2D eigenvalue weighted by molar-refractivity contribution is 0.298. The summed E-state index contributed by atoms with van der Waals surface area (Å²) in [6.45, 7) is 9.49. The summed E-state index contributed by atoms with van der Waals surface area (Å²) in [4.78, 5) is 4.84. The van der Waals surface area contributed by atoms with Gasteiger partial charge in [-0.1, -0.05) is 27.7 Å². The summed E-state index contributed by atoms with van der Waals surface area (Å²) in [6.07, 6.45) is 2.30. The smallest absolute Gasteiger partial charge is 0.150 e. The van der Waals surface area contributed by atoms with Crippen molar-refractivity contribution in [2.45, 2.75) is 57.9 Å². The minimum atomic E-state index is -2.87. The first-order valence-corrected chi connectivity index (χ1v) is 10.3. The molecule has 2 rings (SSSR count). The number of nitrogens with one attached hydrogen (secondary N) is 1. The first kappa shape index (κ1) is 16.9. The van der Waals surface area contributed by atoms with Gasteiger partial charge in [-0.3, -0.25) is 0 Å². The zero-order valence-corrected chi connectivity index (χ0v) is 15.0. The van der Waals surface area contributed by atoms with Gasteiger partial charge in [0.05, 0.1) is 22.7 Å². The molecule has 120 valence electrons. The van der Waals surface area contributed by atoms with Crippen LogP contribution in [-0.2, 0) is 20.8 Å². The first-order chi connectivity index (χ1) is 9.69. The van der Waals surface area contributed by atoms with Gasteiger partial charge in [0.15, 0.2) is 0 Å². The third-order valence-corrected chi connectivity index (χ3v) is 6.77. The van der Waals surface area contributed by atoms with E-state index in [0.717, 1.165) is 23.7 Å². The molecular formula is C15H26N2O2S2. The minimum Gasteiger partial charge on any atom is -0.305 e. The topological polar surface area (TPSA) is 59.1 Å². The summed E-state index contributed by atoms with van der Waals surface area (Å²) < 4.78 is 23.5. The van der Waals surface area contributed by atoms with Crippen molar-refractivity contribution in [1.29, 1.82) is 0 Å². The number of aromatic nitrogens is 1. The van der Waals surface area contributed by atoms with Gasteiger partial charge in [-0.25, -0.2) is 13.4 Å². The third-order valence-electron chi connectivity index (χ3n) is 4.08. The van der Waals surface area contributed by atoms with Crippen LogP contribution in [0.3, 0.4) is 0 Å². The van der Waals surface area contributed by atoms with Crippen molar-refractivity contribution in [3.63, 3.8) is 0 Å². The molecule has 1 aromatic rings. The fourth-order valence-corrected chi connectivity index (χ4v) is 5.36. The lowest BCUT2D eigenvalue weighted by atomic mass is 9.91. The Balaban J connectivity index is 2.30. The van der Waals surface area contributed by atoms with Crippen LogP contribution < -0.4 is 5.32 Å². The lowest BCUT2D eigenvalue weighted by Gasteiger charge is -2.36. The lowest BCUT2D eigenvalue weighted by Crippen LogP contribution is -2.48. The summed E-state index contributed by atoms with van der Waals surface area (Å²) >= 11 is 1.66. The number of sulfone groups is 1. The Hall–Kier alpha value is -0.460. The van der Waals surface area contributed by atoms with Gasteiger partial charge in [-0.2, -0.15) is 0 Å². The Morgan fingerprint density at radius 3 is 2.43 bits per heavy atom. The van der Waals surface area contributed by atoms with Crippen LogP contribution in [-0.4, -0.2) is 31.5 Å². The highest BCUT2D eigenvalue weighted by molar-refractivity contribution is 7.91. The van der Waals surface area contributed by atoms with Gasteiger partial charge in [-0.05, 0) is 25.8 Å². The highest BCUT2D eigenvalue weighted by Crippen LogP contribution is 2.37. The zero-order chi connectivity index (χ0) is 15.7. The molecule has 1 aliphatic rings. The van der Waals surface area contributed by atoms with Gasteiger partial charge in [0.25, 0.3) is 0 Å². The van der Waals surface area contributed by atoms with Crippen molar-refractivity contribution in [3.05, 3.63) is 16.1 Å². The highest BCUT2D eigenvalue weighted by Gasteiger charge is 2.40. The van der Waals surface area contributed by atoms with Crippen LogP contribution in [0.1, 0.15) is 57.7 Å². The van der Waals surface area contributed by atoms with Gasteiger partial charge >= 0.3 is 0 Å². The molecule has 0 amide bonds. The van der Waals surface area contributed by atoms with Crippen molar-refractivity contribution in [1.82, 2.24) is 10.3 Å². The molecule has 6 heteroatoms. The van der Waals surface area contributed by atoms with Gasteiger partial charge in [0.1, 0.15) is 14.8 Å². The SMILES string of the molecule is CCCNC1(c2nc(C(C)(C)C)cs2)CCS(=O)(=O)CC1. The Morgan fingerprint density at radius 2 is 1.95 bits per heavy atom. The van der Waals surface area contributed by atoms with Crippen molar-refractivity contribution in [3.8, 4) is 0 Å². The molecule has 0 aliphatic carbocycles. The van der Waals surface area contributed by atoms with Crippen LogP contribution in [0.2, 0.25) is 0 Å². The van der Waals surface area contributed by atoms with E-state index in [0.29, 0.717) is 12.8 Å². The molecule has 1 fully saturated rings. The second-order valence-electron chi connectivity index (χ2n) is 6.95. The molecule has 0 saturated carbocycles. The number of thiazole rings is 1. The van der Waals surface area contributed by atoms with E-state index in [4.69, 9.17) is 4.98 Å². The molecule has 0 aromatic carbocycles. The Kier molecular flexibility index (Phi) is 4.81. The van der Waals surface area contributed by atoms with Gasteiger partial charge < -0.3 is 5.32 Å². The molecule has 1 N–H and O–H groups in total. The molecular weight excluding hydrogens is 304 g/mol. The average molecular weight is 331 g/mol. The van der Waals surface area contributed by atoms with E-state index in [1.807, 2.05) is 0 Å². The average Bonchev–Trinajstić information content (AvgIpc) is 2.88. The van der Waals surface area contributed by atoms with E-state index >= 15 is 0 Å². The predicted molar refractivity (Wildman–Crippen MR) is 88.7 cm³/mol. The van der Waals surface area contributed by atoms with E-state index in [-0.39, 0.29) is 22.5 Å². The molecule has 1 saturated heterocycles. The molecule has 0 atom stereocenters. The fraction of sp³-hybridized carbons (Fsp3) is 0.800. The standard InChI is InChI=1S/C15H26N2O2S2/c1-5-8-16-15(6-9-21(18,19)10-7-15)13-17-12(11-20-13)14(2,3)4/h11,16H,5-10H2,1-4H3. The highest BCUT2D eigenvalue weighted by atomic mass is 32.2. The molecule has 1 aliphatic heterocycles. The molecule has 2 heterocycles. The molecule has 21 heavy (non-hydrogen) atoms. The number of nitrogens with zero attached hydrogens (tertiary/aromatic N) is 1. The summed E-state index contributed by atoms with van der Waals surface area (Å²) in [5, 5.41) is 6.76. The second kappa shape index (κ2) is 5.97. The van der Waals surface area contributed by atoms with Crippen LogP contribution >= 0.6 is 11.3 Å². The summed E-state index contributed by atoms with van der Waals surface area (Å²) in [7, 11) is -2.87. The quantitative estimate of drug-likeness (QED) is 0.922. The van der Waals surface area contributed by atoms with Crippen molar-refractivity contribution in [2.75, 3.05) is 18.1 Å². The van der Waals surface area contributed by atoms with E-state index in [2.05, 4.69) is 38.4 Å². The van der Waals surface area contributed by atoms with Gasteiger partial charge in [-0.15, -0.1) is 11.3 Å². The van der Waals surface area contributed by atoms with Crippen LogP contribution in [0.25, 0.3) is 0 Å². The van der Waals surface area contributed by atoms with Gasteiger partial charge in [0.2, 0.25) is 0 Å². The number of rotatable bonds is 4. The predicted octanol–water partition coefficient (Wildman–Crippen LogP) is 2.84. The Bertz CT molecular complexity index is 571. The maximum absolute atomic E-state index is 11.8. The number of hydrogen-bond donors (Lipinski definition) is 1. The maximum Gasteiger partial charge on any atom is 0.150 e. The normalized spacial score (nSPS) is 21.3. The van der Waals surface area contributed by atoms with Crippen LogP contribution in [0.5, 0.6) is 0 Å². The molecule has 0 bridgehead atoms. The van der Waals surface area contributed by atoms with E-state index < -0.39 is 9.84 Å². The van der Waals surface area contributed by atoms with Crippen LogP contribution in [0.15, 0.2) is 5.38 Å². The molecule has 4 nitrogen and oxygen atoms in total. The van der Waals surface area contributed by atoms with E-state index in [1.165, 1.54) is 0 Å². The number of hydrogen-bond acceptors (Lipinski definition) is 5. The second-order valence-corrected chi connectivity index (χ2v) is 10.1. The van der Waals surface area contributed by atoms with Crippen molar-refractivity contribution < 1.29 is 8.42 Å². The minimum absolute atomic E-state index is 0.0292. The third kappa shape index (κ3) is 3.85. The fourth-order valence-electron chi connectivity index (χ4n) is 2.56. The summed E-state index contributed by atoms with van der Waals surface area (Å²) in [6, 6.07) is 0. The van der Waals surface area contributed by atoms with Crippen molar-refractivity contribution in [2.24, 2.45) is 0 Å². The summed E-state index contributed by atoms with van der Waals surface area (Å²) in [5.41, 5.74) is 0.866. The van der Waals surface area contributed by atoms with E-state index in [9.17, 15) is 8.42 Å².